The first-order chi connectivity index (χ1) is 16.0. The van der Waals surface area contributed by atoms with Gasteiger partial charge >= 0.3 is 0 Å². The number of thiazole rings is 1. The van der Waals surface area contributed by atoms with Gasteiger partial charge in [-0.2, -0.15) is 5.10 Å². The summed E-state index contributed by atoms with van der Waals surface area (Å²) in [5, 5.41) is 10.6. The summed E-state index contributed by atoms with van der Waals surface area (Å²) < 4.78 is 4.53. The maximum absolute atomic E-state index is 13.3. The van der Waals surface area contributed by atoms with Crippen LogP contribution in [-0.4, -0.2) is 40.2 Å². The zero-order valence-electron chi connectivity index (χ0n) is 18.5. The monoisotopic (exact) mass is 480 g/mol. The van der Waals surface area contributed by atoms with Gasteiger partial charge in [0.25, 0.3) is 5.91 Å². The van der Waals surface area contributed by atoms with Crippen molar-refractivity contribution in [3.63, 3.8) is 0 Å². The van der Waals surface area contributed by atoms with Crippen molar-refractivity contribution >= 4 is 45.8 Å². The zero-order valence-corrected chi connectivity index (χ0v) is 20.1. The van der Waals surface area contributed by atoms with Crippen molar-refractivity contribution in [2.45, 2.75) is 52.6 Å². The van der Waals surface area contributed by atoms with E-state index in [0.717, 1.165) is 53.5 Å². The lowest BCUT2D eigenvalue weighted by molar-refractivity contribution is 0.102. The SMILES string of the molecule is C=CCn1c(-c2sc(NC(=O)c3cc(C)nc4c3nc3n4CCCCC3)nc2C)n[nH]c1=S. The molecule has 0 saturated carbocycles. The highest BCUT2D eigenvalue weighted by molar-refractivity contribution is 7.71. The summed E-state index contributed by atoms with van der Waals surface area (Å²) in [6, 6.07) is 1.79. The van der Waals surface area contributed by atoms with Gasteiger partial charge in [0.2, 0.25) is 0 Å². The minimum Gasteiger partial charge on any atom is -0.313 e. The van der Waals surface area contributed by atoms with Gasteiger partial charge in [0, 0.05) is 25.2 Å². The number of allylic oxidation sites excluding steroid dienone is 1. The number of carbonyl (C=O) groups excluding carboxylic acids is 1. The maximum Gasteiger partial charge on any atom is 0.259 e. The first-order valence-corrected chi connectivity index (χ1v) is 12.1. The van der Waals surface area contributed by atoms with E-state index in [2.05, 4.69) is 31.6 Å². The molecule has 1 amide bonds. The number of amides is 1. The van der Waals surface area contributed by atoms with Crippen LogP contribution in [0.5, 0.6) is 0 Å². The van der Waals surface area contributed by atoms with Gasteiger partial charge in [0.05, 0.1) is 16.1 Å². The summed E-state index contributed by atoms with van der Waals surface area (Å²) in [5.74, 6) is 1.44. The average Bonchev–Trinajstić information content (AvgIpc) is 3.37. The molecular weight excluding hydrogens is 456 g/mol. The van der Waals surface area contributed by atoms with Crippen LogP contribution in [-0.2, 0) is 19.5 Å². The Kier molecular flexibility index (Phi) is 5.67. The van der Waals surface area contributed by atoms with Crippen LogP contribution >= 0.6 is 23.6 Å². The summed E-state index contributed by atoms with van der Waals surface area (Å²) in [6.07, 6.45) is 6.06. The molecule has 0 radical (unpaired) electrons. The quantitative estimate of drug-likeness (QED) is 0.320. The number of carbonyl (C=O) groups is 1. The van der Waals surface area contributed by atoms with Gasteiger partial charge in [-0.1, -0.05) is 23.8 Å². The zero-order chi connectivity index (χ0) is 23.1. The molecule has 0 aliphatic carbocycles. The van der Waals surface area contributed by atoms with E-state index in [-0.39, 0.29) is 5.91 Å². The Morgan fingerprint density at radius 3 is 2.97 bits per heavy atom. The van der Waals surface area contributed by atoms with Gasteiger partial charge in [-0.05, 0) is 45.0 Å². The fourth-order valence-electron chi connectivity index (χ4n) is 4.20. The number of nitrogens with zero attached hydrogens (tertiary/aromatic N) is 6. The van der Waals surface area contributed by atoms with E-state index < -0.39 is 0 Å². The molecule has 0 fully saturated rings. The molecule has 1 aliphatic heterocycles. The summed E-state index contributed by atoms with van der Waals surface area (Å²) in [4.78, 5) is 28.2. The number of rotatable bonds is 5. The molecule has 4 aromatic rings. The number of hydrogen-bond acceptors (Lipinski definition) is 7. The van der Waals surface area contributed by atoms with E-state index in [0.29, 0.717) is 33.4 Å². The summed E-state index contributed by atoms with van der Waals surface area (Å²) >= 11 is 6.68. The van der Waals surface area contributed by atoms with Crippen LogP contribution in [0.25, 0.3) is 21.9 Å². The summed E-state index contributed by atoms with van der Waals surface area (Å²) in [6.45, 7) is 8.99. The fraction of sp³-hybridized carbons (Fsp3) is 0.364. The van der Waals surface area contributed by atoms with Crippen molar-refractivity contribution in [3.8, 4) is 10.7 Å². The van der Waals surface area contributed by atoms with Gasteiger partial charge in [-0.15, -0.1) is 6.58 Å². The van der Waals surface area contributed by atoms with Crippen LogP contribution in [0.15, 0.2) is 18.7 Å². The van der Waals surface area contributed by atoms with E-state index in [1.165, 1.54) is 17.8 Å². The standard InChI is InChI=1S/C22H24N8OS2/c1-4-9-30-19(27-28-22(30)32)17-13(3)24-21(33-17)26-20(31)14-11-12(2)23-18-16(14)25-15-8-6-5-7-10-29(15)18/h4,11H,1,5-10H2,2-3H3,(H,28,32)(H,24,26,31). The van der Waals surface area contributed by atoms with Crippen LogP contribution in [0.1, 0.15) is 46.8 Å². The first-order valence-electron chi connectivity index (χ1n) is 10.9. The Labute approximate surface area is 199 Å². The van der Waals surface area contributed by atoms with Crippen molar-refractivity contribution in [2.24, 2.45) is 0 Å². The molecule has 0 bridgehead atoms. The number of pyridine rings is 1. The molecule has 33 heavy (non-hydrogen) atoms. The molecule has 5 heterocycles. The number of anilines is 1. The fourth-order valence-corrected chi connectivity index (χ4v) is 5.37. The highest BCUT2D eigenvalue weighted by Crippen LogP contribution is 2.32. The predicted molar refractivity (Wildman–Crippen MR) is 131 cm³/mol. The molecule has 0 spiro atoms. The first kappa shape index (κ1) is 21.7. The minimum absolute atomic E-state index is 0.246. The van der Waals surface area contributed by atoms with Gasteiger partial charge in [0.1, 0.15) is 11.3 Å². The van der Waals surface area contributed by atoms with Crippen LogP contribution in [0.4, 0.5) is 5.13 Å². The van der Waals surface area contributed by atoms with E-state index in [1.807, 2.05) is 18.4 Å². The average molecular weight is 481 g/mol. The van der Waals surface area contributed by atoms with Crippen molar-refractivity contribution in [1.29, 1.82) is 0 Å². The molecule has 170 valence electrons. The second-order valence-corrected chi connectivity index (χ2v) is 9.50. The Balaban J connectivity index is 1.49. The second-order valence-electron chi connectivity index (χ2n) is 8.11. The van der Waals surface area contributed by atoms with Crippen molar-refractivity contribution < 1.29 is 4.79 Å². The predicted octanol–water partition coefficient (Wildman–Crippen LogP) is 4.59. The third-order valence-electron chi connectivity index (χ3n) is 5.73. The molecule has 11 heteroatoms. The summed E-state index contributed by atoms with van der Waals surface area (Å²) in [7, 11) is 0. The minimum atomic E-state index is -0.246. The molecule has 2 N–H and O–H groups in total. The second kappa shape index (κ2) is 8.64. The smallest absolute Gasteiger partial charge is 0.259 e. The Hall–Kier alpha value is -3.18. The largest absolute Gasteiger partial charge is 0.313 e. The third kappa shape index (κ3) is 3.91. The Morgan fingerprint density at radius 1 is 1.30 bits per heavy atom. The highest BCUT2D eigenvalue weighted by Gasteiger charge is 2.23. The van der Waals surface area contributed by atoms with Crippen LogP contribution < -0.4 is 5.32 Å². The van der Waals surface area contributed by atoms with Gasteiger partial charge in [0.15, 0.2) is 21.4 Å². The van der Waals surface area contributed by atoms with Crippen LogP contribution in [0.3, 0.4) is 0 Å². The van der Waals surface area contributed by atoms with E-state index >= 15 is 0 Å². The van der Waals surface area contributed by atoms with Gasteiger partial charge in [-0.25, -0.2) is 15.0 Å². The normalized spacial score (nSPS) is 13.6. The third-order valence-corrected chi connectivity index (χ3v) is 7.11. The number of aromatic amines is 1. The topological polar surface area (TPSA) is 106 Å². The molecule has 1 aliphatic rings. The molecule has 0 atom stereocenters. The number of imidazole rings is 1. The van der Waals surface area contributed by atoms with Crippen molar-refractivity contribution in [2.75, 3.05) is 5.32 Å². The Morgan fingerprint density at radius 2 is 2.15 bits per heavy atom. The lowest BCUT2D eigenvalue weighted by Crippen LogP contribution is -2.13. The molecule has 5 rings (SSSR count). The van der Waals surface area contributed by atoms with E-state index in [9.17, 15) is 4.79 Å². The van der Waals surface area contributed by atoms with Crippen LogP contribution in [0, 0.1) is 18.6 Å². The van der Waals surface area contributed by atoms with Gasteiger partial charge in [-0.3, -0.25) is 19.8 Å². The van der Waals surface area contributed by atoms with Crippen molar-refractivity contribution in [3.05, 3.63) is 46.3 Å². The lowest BCUT2D eigenvalue weighted by Gasteiger charge is -2.06. The molecule has 4 aromatic heterocycles. The van der Waals surface area contributed by atoms with E-state index in [4.69, 9.17) is 22.2 Å². The number of hydrogen-bond donors (Lipinski definition) is 2. The molecule has 0 saturated heterocycles. The van der Waals surface area contributed by atoms with Gasteiger partial charge < -0.3 is 4.57 Å². The maximum atomic E-state index is 13.3. The lowest BCUT2D eigenvalue weighted by atomic mass is 10.2. The van der Waals surface area contributed by atoms with E-state index in [1.54, 1.807) is 12.1 Å². The van der Waals surface area contributed by atoms with Crippen LogP contribution in [0.2, 0.25) is 0 Å². The Bertz CT molecular complexity index is 1440. The number of aromatic nitrogens is 7. The number of aryl methyl sites for hydroxylation is 4. The molecule has 0 aromatic carbocycles. The number of fused-ring (bicyclic) bond motifs is 3. The molecule has 0 unspecified atom stereocenters. The molecular formula is C22H24N8OS2. The highest BCUT2D eigenvalue weighted by atomic mass is 32.1. The molecule has 9 nitrogen and oxygen atoms in total. The van der Waals surface area contributed by atoms with Crippen molar-refractivity contribution in [1.82, 2.24) is 34.3 Å². The number of H-pyrrole nitrogens is 1. The number of nitrogens with one attached hydrogen (secondary N) is 2. The summed E-state index contributed by atoms with van der Waals surface area (Å²) in [5.41, 5.74) is 3.50.